The monoisotopic (exact) mass is 274 g/mol. The lowest BCUT2D eigenvalue weighted by Crippen LogP contribution is -2.50. The van der Waals surface area contributed by atoms with Gasteiger partial charge >= 0.3 is 0 Å². The van der Waals surface area contributed by atoms with Gasteiger partial charge in [0.25, 0.3) is 0 Å². The summed E-state index contributed by atoms with van der Waals surface area (Å²) in [5, 5.41) is 3.40. The summed E-state index contributed by atoms with van der Waals surface area (Å²) in [6.45, 7) is 7.39. The molecule has 110 valence electrons. The standard InChI is InChI=1S/C17H26N2O/c1-3-13-19(16-9-11-18-12-10-16)14(2)17(20)15-7-5-4-6-8-15/h4-8,14,16,18H,3,9-13H2,1-2H3. The maximum atomic E-state index is 12.6. The van der Waals surface area contributed by atoms with E-state index in [-0.39, 0.29) is 11.8 Å². The van der Waals surface area contributed by atoms with Crippen LogP contribution in [0.3, 0.4) is 0 Å². The first-order valence-electron chi connectivity index (χ1n) is 7.79. The van der Waals surface area contributed by atoms with Crippen LogP contribution < -0.4 is 5.32 Å². The van der Waals surface area contributed by atoms with E-state index in [2.05, 4.69) is 24.1 Å². The summed E-state index contributed by atoms with van der Waals surface area (Å²) in [6.07, 6.45) is 3.38. The van der Waals surface area contributed by atoms with Crippen LogP contribution in [0.25, 0.3) is 0 Å². The molecule has 20 heavy (non-hydrogen) atoms. The molecule has 1 aromatic carbocycles. The van der Waals surface area contributed by atoms with Crippen molar-refractivity contribution in [3.8, 4) is 0 Å². The average Bonchev–Trinajstić information content (AvgIpc) is 2.53. The van der Waals surface area contributed by atoms with Crippen molar-refractivity contribution in [3.05, 3.63) is 35.9 Å². The summed E-state index contributed by atoms with van der Waals surface area (Å²) in [5.41, 5.74) is 0.829. The SMILES string of the molecule is CCCN(C1CCNCC1)C(C)C(=O)c1ccccc1. The van der Waals surface area contributed by atoms with Gasteiger partial charge in [-0.25, -0.2) is 0 Å². The van der Waals surface area contributed by atoms with Crippen LogP contribution in [0, 0.1) is 0 Å². The third-order valence-corrected chi connectivity index (χ3v) is 4.19. The van der Waals surface area contributed by atoms with Crippen molar-refractivity contribution < 1.29 is 4.79 Å². The van der Waals surface area contributed by atoms with Gasteiger partial charge in [-0.3, -0.25) is 9.69 Å². The zero-order chi connectivity index (χ0) is 14.4. The molecule has 0 amide bonds. The quantitative estimate of drug-likeness (QED) is 0.810. The van der Waals surface area contributed by atoms with E-state index in [0.29, 0.717) is 6.04 Å². The molecule has 2 rings (SSSR count). The van der Waals surface area contributed by atoms with Crippen molar-refractivity contribution >= 4 is 5.78 Å². The molecule has 1 fully saturated rings. The molecular formula is C17H26N2O. The van der Waals surface area contributed by atoms with Crippen molar-refractivity contribution in [1.82, 2.24) is 10.2 Å². The lowest BCUT2D eigenvalue weighted by atomic mass is 9.98. The van der Waals surface area contributed by atoms with Crippen LogP contribution >= 0.6 is 0 Å². The number of piperidine rings is 1. The van der Waals surface area contributed by atoms with Crippen LogP contribution in [0.5, 0.6) is 0 Å². The molecule has 0 radical (unpaired) electrons. The highest BCUT2D eigenvalue weighted by Gasteiger charge is 2.28. The molecule has 0 saturated carbocycles. The molecule has 1 aliphatic heterocycles. The first-order chi connectivity index (χ1) is 9.74. The highest BCUT2D eigenvalue weighted by atomic mass is 16.1. The van der Waals surface area contributed by atoms with Crippen molar-refractivity contribution in [1.29, 1.82) is 0 Å². The lowest BCUT2D eigenvalue weighted by Gasteiger charge is -2.38. The van der Waals surface area contributed by atoms with Crippen LogP contribution in [-0.4, -0.2) is 42.4 Å². The van der Waals surface area contributed by atoms with Crippen molar-refractivity contribution in [2.45, 2.75) is 45.2 Å². The van der Waals surface area contributed by atoms with Crippen molar-refractivity contribution in [2.75, 3.05) is 19.6 Å². The summed E-state index contributed by atoms with van der Waals surface area (Å²) in [5.74, 6) is 0.248. The van der Waals surface area contributed by atoms with E-state index >= 15 is 0 Å². The minimum absolute atomic E-state index is 0.0274. The molecule has 3 nitrogen and oxygen atoms in total. The minimum atomic E-state index is -0.0274. The van der Waals surface area contributed by atoms with Crippen LogP contribution in [0.4, 0.5) is 0 Å². The van der Waals surface area contributed by atoms with Crippen LogP contribution in [0.2, 0.25) is 0 Å². The zero-order valence-corrected chi connectivity index (χ0v) is 12.6. The first-order valence-corrected chi connectivity index (χ1v) is 7.79. The number of ketones is 1. The molecule has 1 heterocycles. The van der Waals surface area contributed by atoms with Gasteiger partial charge in [-0.2, -0.15) is 0 Å². The zero-order valence-electron chi connectivity index (χ0n) is 12.6. The molecule has 0 spiro atoms. The summed E-state index contributed by atoms with van der Waals surface area (Å²) in [6, 6.07) is 10.2. The van der Waals surface area contributed by atoms with E-state index in [1.807, 2.05) is 30.3 Å². The smallest absolute Gasteiger partial charge is 0.179 e. The molecule has 0 aromatic heterocycles. The predicted octanol–water partition coefficient (Wildman–Crippen LogP) is 2.72. The van der Waals surface area contributed by atoms with Gasteiger partial charge in [0.15, 0.2) is 5.78 Å². The highest BCUT2D eigenvalue weighted by Crippen LogP contribution is 2.18. The molecule has 1 atom stereocenters. The topological polar surface area (TPSA) is 32.3 Å². The number of nitrogens with one attached hydrogen (secondary N) is 1. The second-order valence-corrected chi connectivity index (χ2v) is 5.63. The number of nitrogens with zero attached hydrogens (tertiary/aromatic N) is 1. The van der Waals surface area contributed by atoms with Crippen molar-refractivity contribution in [2.24, 2.45) is 0 Å². The van der Waals surface area contributed by atoms with E-state index in [1.165, 1.54) is 0 Å². The molecule has 0 aliphatic carbocycles. The number of benzene rings is 1. The molecule has 1 aromatic rings. The molecule has 0 bridgehead atoms. The Bertz CT molecular complexity index is 412. The maximum Gasteiger partial charge on any atom is 0.179 e. The Morgan fingerprint density at radius 1 is 1.30 bits per heavy atom. The van der Waals surface area contributed by atoms with Crippen LogP contribution in [0.15, 0.2) is 30.3 Å². The summed E-state index contributed by atoms with van der Waals surface area (Å²) in [7, 11) is 0. The predicted molar refractivity (Wildman–Crippen MR) is 83.1 cm³/mol. The van der Waals surface area contributed by atoms with Crippen LogP contribution in [0.1, 0.15) is 43.5 Å². The molecule has 1 aliphatic rings. The van der Waals surface area contributed by atoms with E-state index in [4.69, 9.17) is 0 Å². The second kappa shape index (κ2) is 7.55. The maximum absolute atomic E-state index is 12.6. The summed E-state index contributed by atoms with van der Waals surface area (Å²) < 4.78 is 0. The third kappa shape index (κ3) is 3.68. The second-order valence-electron chi connectivity index (χ2n) is 5.63. The fourth-order valence-electron chi connectivity index (χ4n) is 3.08. The van der Waals surface area contributed by atoms with Gasteiger partial charge in [-0.15, -0.1) is 0 Å². The number of rotatable bonds is 6. The van der Waals surface area contributed by atoms with Crippen molar-refractivity contribution in [3.63, 3.8) is 0 Å². The third-order valence-electron chi connectivity index (χ3n) is 4.19. The summed E-state index contributed by atoms with van der Waals surface area (Å²) in [4.78, 5) is 15.1. The fraction of sp³-hybridized carbons (Fsp3) is 0.588. The highest BCUT2D eigenvalue weighted by molar-refractivity contribution is 5.99. The lowest BCUT2D eigenvalue weighted by molar-refractivity contribution is 0.0711. The van der Waals surface area contributed by atoms with Gasteiger partial charge in [-0.1, -0.05) is 37.3 Å². The minimum Gasteiger partial charge on any atom is -0.317 e. The number of carbonyl (C=O) groups excluding carboxylic acids is 1. The van der Waals surface area contributed by atoms with E-state index in [9.17, 15) is 4.79 Å². The normalized spacial score (nSPS) is 18.1. The Labute approximate surface area is 122 Å². The molecular weight excluding hydrogens is 248 g/mol. The Kier molecular flexibility index (Phi) is 5.74. The number of carbonyl (C=O) groups is 1. The van der Waals surface area contributed by atoms with Gasteiger partial charge < -0.3 is 5.32 Å². The van der Waals surface area contributed by atoms with Crippen LogP contribution in [-0.2, 0) is 0 Å². The number of hydrogen-bond donors (Lipinski definition) is 1. The van der Waals surface area contributed by atoms with E-state index in [1.54, 1.807) is 0 Å². The van der Waals surface area contributed by atoms with Gasteiger partial charge in [0.05, 0.1) is 6.04 Å². The Hall–Kier alpha value is -1.19. The number of Topliss-reactive ketones (excluding diaryl/α,β-unsaturated/α-hetero) is 1. The number of hydrogen-bond acceptors (Lipinski definition) is 3. The Morgan fingerprint density at radius 3 is 2.55 bits per heavy atom. The van der Waals surface area contributed by atoms with Gasteiger partial charge in [0.1, 0.15) is 0 Å². The molecule has 1 saturated heterocycles. The summed E-state index contributed by atoms with van der Waals surface area (Å²) >= 11 is 0. The molecule has 1 N–H and O–H groups in total. The Morgan fingerprint density at radius 2 is 1.95 bits per heavy atom. The fourth-order valence-corrected chi connectivity index (χ4v) is 3.08. The molecule has 3 heteroatoms. The van der Waals surface area contributed by atoms with Gasteiger partial charge in [0.2, 0.25) is 0 Å². The van der Waals surface area contributed by atoms with E-state index in [0.717, 1.165) is 44.5 Å². The molecule has 1 unspecified atom stereocenters. The average molecular weight is 274 g/mol. The van der Waals surface area contributed by atoms with E-state index < -0.39 is 0 Å². The first kappa shape index (κ1) is 15.2. The van der Waals surface area contributed by atoms with Gasteiger partial charge in [0, 0.05) is 11.6 Å². The largest absolute Gasteiger partial charge is 0.317 e. The Balaban J connectivity index is 2.09. The van der Waals surface area contributed by atoms with Gasteiger partial charge in [-0.05, 0) is 45.8 Å².